The normalized spacial score (nSPS) is 10.5. The van der Waals surface area contributed by atoms with Crippen molar-refractivity contribution in [1.29, 1.82) is 0 Å². The van der Waals surface area contributed by atoms with Gasteiger partial charge in [-0.3, -0.25) is 9.59 Å². The first-order valence-corrected chi connectivity index (χ1v) is 9.01. The second kappa shape index (κ2) is 10.3. The van der Waals surface area contributed by atoms with Crippen molar-refractivity contribution in [3.05, 3.63) is 54.3 Å². The van der Waals surface area contributed by atoms with Gasteiger partial charge in [0.15, 0.2) is 11.6 Å². The average Bonchev–Trinajstić information content (AvgIpc) is 2.61. The highest BCUT2D eigenvalue weighted by Crippen LogP contribution is 2.17. The Hall–Kier alpha value is -2.89. The summed E-state index contributed by atoms with van der Waals surface area (Å²) in [5, 5.41) is 5.60. The summed E-state index contributed by atoms with van der Waals surface area (Å²) in [5.41, 5.74) is 1.34. The molecule has 5 nitrogen and oxygen atoms in total. The summed E-state index contributed by atoms with van der Waals surface area (Å²) < 4.78 is 18.7. The molecule has 0 aliphatic carbocycles. The first kappa shape index (κ1) is 20.4. The lowest BCUT2D eigenvalue weighted by molar-refractivity contribution is -0.117. The van der Waals surface area contributed by atoms with Crippen molar-refractivity contribution in [2.75, 3.05) is 17.2 Å². The molecule has 0 aliphatic heterocycles. The molecule has 2 aromatic carbocycles. The Kier molecular flexibility index (Phi) is 7.79. The van der Waals surface area contributed by atoms with Gasteiger partial charge < -0.3 is 15.4 Å². The second-order valence-electron chi connectivity index (χ2n) is 6.65. The molecule has 0 aliphatic rings. The number of anilines is 2. The van der Waals surface area contributed by atoms with Gasteiger partial charge in [-0.2, -0.15) is 0 Å². The molecule has 2 N–H and O–H groups in total. The van der Waals surface area contributed by atoms with Gasteiger partial charge in [-0.05, 0) is 48.7 Å². The van der Waals surface area contributed by atoms with Gasteiger partial charge in [0.1, 0.15) is 0 Å². The Morgan fingerprint density at radius 3 is 2.15 bits per heavy atom. The highest BCUT2D eigenvalue weighted by atomic mass is 19.1. The number of benzene rings is 2. The summed E-state index contributed by atoms with van der Waals surface area (Å²) in [6, 6.07) is 13.1. The number of amides is 2. The zero-order valence-corrected chi connectivity index (χ0v) is 15.6. The summed E-state index contributed by atoms with van der Waals surface area (Å²) in [6.45, 7) is 4.23. The van der Waals surface area contributed by atoms with E-state index in [4.69, 9.17) is 4.74 Å². The Morgan fingerprint density at radius 1 is 0.963 bits per heavy atom. The summed E-state index contributed by atoms with van der Waals surface area (Å²) in [6.07, 6.45) is 1.21. The highest BCUT2D eigenvalue weighted by Gasteiger charge is 2.07. The van der Waals surface area contributed by atoms with E-state index in [0.717, 1.165) is 0 Å². The van der Waals surface area contributed by atoms with Gasteiger partial charge >= 0.3 is 0 Å². The third-order valence-electron chi connectivity index (χ3n) is 3.69. The van der Waals surface area contributed by atoms with Crippen molar-refractivity contribution >= 4 is 23.2 Å². The zero-order valence-electron chi connectivity index (χ0n) is 15.6. The lowest BCUT2D eigenvalue weighted by atomic mass is 10.1. The molecular formula is C21H25FN2O3. The van der Waals surface area contributed by atoms with Crippen LogP contribution in [0.15, 0.2) is 48.5 Å². The predicted octanol–water partition coefficient (Wildman–Crippen LogP) is 4.61. The molecular weight excluding hydrogens is 347 g/mol. The van der Waals surface area contributed by atoms with Crippen LogP contribution in [0.4, 0.5) is 15.8 Å². The van der Waals surface area contributed by atoms with Crippen molar-refractivity contribution in [3.8, 4) is 5.75 Å². The molecule has 0 atom stereocenters. The first-order valence-electron chi connectivity index (χ1n) is 9.01. The molecule has 6 heteroatoms. The van der Waals surface area contributed by atoms with Crippen molar-refractivity contribution in [3.63, 3.8) is 0 Å². The molecule has 2 amide bonds. The van der Waals surface area contributed by atoms with Crippen LogP contribution in [0.25, 0.3) is 0 Å². The van der Waals surface area contributed by atoms with Gasteiger partial charge in [0.25, 0.3) is 0 Å². The molecule has 0 saturated heterocycles. The number of halogens is 1. The fourth-order valence-electron chi connectivity index (χ4n) is 2.42. The maximum absolute atomic E-state index is 13.4. The van der Waals surface area contributed by atoms with Crippen LogP contribution in [-0.4, -0.2) is 18.4 Å². The Bertz CT molecular complexity index is 760. The van der Waals surface area contributed by atoms with E-state index in [1.165, 1.54) is 6.07 Å². The maximum atomic E-state index is 13.4. The SMILES string of the molecule is CC(C)CC(=O)Nc1ccc(NC(=O)CCCOc2ccccc2F)cc1. The van der Waals surface area contributed by atoms with E-state index in [0.29, 0.717) is 30.1 Å². The quantitative estimate of drug-likeness (QED) is 0.632. The van der Waals surface area contributed by atoms with Crippen molar-refractivity contribution in [2.24, 2.45) is 5.92 Å². The summed E-state index contributed by atoms with van der Waals surface area (Å²) in [4.78, 5) is 23.7. The Labute approximate surface area is 158 Å². The molecule has 2 aromatic rings. The summed E-state index contributed by atoms with van der Waals surface area (Å²) in [5.74, 6) is -0.109. The lowest BCUT2D eigenvalue weighted by Crippen LogP contribution is -2.14. The van der Waals surface area contributed by atoms with E-state index in [1.54, 1.807) is 42.5 Å². The van der Waals surface area contributed by atoms with Gasteiger partial charge in [-0.25, -0.2) is 4.39 Å². The van der Waals surface area contributed by atoms with E-state index in [2.05, 4.69) is 10.6 Å². The zero-order chi connectivity index (χ0) is 19.6. The molecule has 0 fully saturated rings. The van der Waals surface area contributed by atoms with Crippen LogP contribution in [0, 0.1) is 11.7 Å². The molecule has 27 heavy (non-hydrogen) atoms. The molecule has 2 rings (SSSR count). The second-order valence-corrected chi connectivity index (χ2v) is 6.65. The number of ether oxygens (including phenoxy) is 1. The number of carbonyl (C=O) groups is 2. The van der Waals surface area contributed by atoms with Gasteiger partial charge in [-0.1, -0.05) is 26.0 Å². The number of hydrogen-bond acceptors (Lipinski definition) is 3. The van der Waals surface area contributed by atoms with Crippen LogP contribution >= 0.6 is 0 Å². The third-order valence-corrected chi connectivity index (χ3v) is 3.69. The molecule has 144 valence electrons. The minimum Gasteiger partial charge on any atom is -0.491 e. The highest BCUT2D eigenvalue weighted by molar-refractivity contribution is 5.93. The van der Waals surface area contributed by atoms with Gasteiger partial charge in [0.2, 0.25) is 11.8 Å². The molecule has 0 unspecified atom stereocenters. The number of rotatable bonds is 9. The molecule has 0 heterocycles. The Morgan fingerprint density at radius 2 is 1.56 bits per heavy atom. The van der Waals surface area contributed by atoms with Crippen molar-refractivity contribution in [2.45, 2.75) is 33.1 Å². The van der Waals surface area contributed by atoms with Gasteiger partial charge in [-0.15, -0.1) is 0 Å². The van der Waals surface area contributed by atoms with Crippen molar-refractivity contribution < 1.29 is 18.7 Å². The smallest absolute Gasteiger partial charge is 0.224 e. The standard InChI is InChI=1S/C21H25FN2O3/c1-15(2)14-21(26)24-17-11-9-16(10-12-17)23-20(25)8-5-13-27-19-7-4-3-6-18(19)22/h3-4,6-7,9-12,15H,5,8,13-14H2,1-2H3,(H,23,25)(H,24,26). The maximum Gasteiger partial charge on any atom is 0.224 e. The fraction of sp³-hybridized carbons (Fsp3) is 0.333. The van der Waals surface area contributed by atoms with E-state index in [1.807, 2.05) is 13.8 Å². The first-order chi connectivity index (χ1) is 12.9. The molecule has 0 bridgehead atoms. The third kappa shape index (κ3) is 7.48. The average molecular weight is 372 g/mol. The monoisotopic (exact) mass is 372 g/mol. The van der Waals surface area contributed by atoms with E-state index in [-0.39, 0.29) is 30.6 Å². The lowest BCUT2D eigenvalue weighted by Gasteiger charge is -2.09. The van der Waals surface area contributed by atoms with Gasteiger partial charge in [0, 0.05) is 24.2 Å². The van der Waals surface area contributed by atoms with Crippen LogP contribution in [0.1, 0.15) is 33.1 Å². The van der Waals surface area contributed by atoms with Crippen LogP contribution in [-0.2, 0) is 9.59 Å². The van der Waals surface area contributed by atoms with Crippen LogP contribution in [0.5, 0.6) is 5.75 Å². The van der Waals surface area contributed by atoms with Crippen LogP contribution in [0.2, 0.25) is 0 Å². The Balaban J connectivity index is 1.71. The molecule has 0 radical (unpaired) electrons. The summed E-state index contributed by atoms with van der Waals surface area (Å²) in [7, 11) is 0. The van der Waals surface area contributed by atoms with E-state index in [9.17, 15) is 14.0 Å². The topological polar surface area (TPSA) is 67.4 Å². The number of nitrogens with one attached hydrogen (secondary N) is 2. The number of hydrogen-bond donors (Lipinski definition) is 2. The summed E-state index contributed by atoms with van der Waals surface area (Å²) >= 11 is 0. The van der Waals surface area contributed by atoms with E-state index < -0.39 is 5.82 Å². The molecule has 0 spiro atoms. The largest absolute Gasteiger partial charge is 0.491 e. The molecule has 0 aromatic heterocycles. The van der Waals surface area contributed by atoms with E-state index >= 15 is 0 Å². The van der Waals surface area contributed by atoms with Crippen LogP contribution < -0.4 is 15.4 Å². The molecule has 0 saturated carbocycles. The van der Waals surface area contributed by atoms with Crippen molar-refractivity contribution in [1.82, 2.24) is 0 Å². The minimum absolute atomic E-state index is 0.0309. The minimum atomic E-state index is -0.414. The predicted molar refractivity (Wildman–Crippen MR) is 104 cm³/mol. The fourth-order valence-corrected chi connectivity index (χ4v) is 2.42. The number of carbonyl (C=O) groups excluding carboxylic acids is 2. The number of para-hydroxylation sites is 1. The van der Waals surface area contributed by atoms with Crippen LogP contribution in [0.3, 0.4) is 0 Å². The van der Waals surface area contributed by atoms with Gasteiger partial charge in [0.05, 0.1) is 6.61 Å².